The highest BCUT2D eigenvalue weighted by atomic mass is 16.5. The molecule has 1 aromatic rings. The standard InChI is InChI=1S/C15H24N4O2/c1-21-15(20)12-13(16)19(11-8-3-2-4-9-11)18-14(12)17-10-6-5-7-10/h10-11H,2-9,16H2,1H3,(H,17,18). The number of hydrogen-bond donors (Lipinski definition) is 2. The predicted octanol–water partition coefficient (Wildman–Crippen LogP) is 2.72. The van der Waals surface area contributed by atoms with E-state index in [0.717, 1.165) is 25.7 Å². The normalized spacial score (nSPS) is 20.0. The van der Waals surface area contributed by atoms with Crippen LogP contribution in [0.25, 0.3) is 0 Å². The molecule has 6 nitrogen and oxygen atoms in total. The Kier molecular flexibility index (Phi) is 4.03. The molecule has 0 bridgehead atoms. The average molecular weight is 292 g/mol. The number of ether oxygens (including phenoxy) is 1. The summed E-state index contributed by atoms with van der Waals surface area (Å²) in [6.45, 7) is 0. The number of aromatic nitrogens is 2. The van der Waals surface area contributed by atoms with E-state index in [-0.39, 0.29) is 0 Å². The van der Waals surface area contributed by atoms with Gasteiger partial charge in [0.1, 0.15) is 11.4 Å². The van der Waals surface area contributed by atoms with Crippen LogP contribution in [-0.2, 0) is 4.74 Å². The first-order valence-electron chi connectivity index (χ1n) is 7.93. The number of rotatable bonds is 4. The van der Waals surface area contributed by atoms with Crippen LogP contribution in [0.3, 0.4) is 0 Å². The van der Waals surface area contributed by atoms with Crippen LogP contribution in [0.1, 0.15) is 67.8 Å². The van der Waals surface area contributed by atoms with Gasteiger partial charge in [0.2, 0.25) is 0 Å². The molecule has 0 radical (unpaired) electrons. The van der Waals surface area contributed by atoms with Crippen LogP contribution >= 0.6 is 0 Å². The van der Waals surface area contributed by atoms with Crippen LogP contribution in [0.4, 0.5) is 11.6 Å². The number of nitrogen functional groups attached to an aromatic ring is 1. The predicted molar refractivity (Wildman–Crippen MR) is 81.4 cm³/mol. The molecule has 0 aliphatic heterocycles. The van der Waals surface area contributed by atoms with E-state index in [1.54, 1.807) is 0 Å². The van der Waals surface area contributed by atoms with Crippen molar-refractivity contribution in [2.75, 3.05) is 18.2 Å². The van der Waals surface area contributed by atoms with E-state index in [2.05, 4.69) is 10.4 Å². The summed E-state index contributed by atoms with van der Waals surface area (Å²) in [5, 5.41) is 7.95. The molecule has 1 aromatic heterocycles. The van der Waals surface area contributed by atoms with Crippen molar-refractivity contribution in [2.45, 2.75) is 63.5 Å². The Morgan fingerprint density at radius 1 is 1.24 bits per heavy atom. The molecule has 0 saturated heterocycles. The molecule has 2 fully saturated rings. The van der Waals surface area contributed by atoms with Crippen LogP contribution in [0, 0.1) is 0 Å². The topological polar surface area (TPSA) is 82.2 Å². The molecule has 3 rings (SSSR count). The number of nitrogens with one attached hydrogen (secondary N) is 1. The summed E-state index contributed by atoms with van der Waals surface area (Å²) >= 11 is 0. The quantitative estimate of drug-likeness (QED) is 0.834. The average Bonchev–Trinajstić information content (AvgIpc) is 2.80. The van der Waals surface area contributed by atoms with Crippen molar-refractivity contribution in [3.63, 3.8) is 0 Å². The lowest BCUT2D eigenvalue weighted by Gasteiger charge is -2.26. The number of methoxy groups -OCH3 is 1. The van der Waals surface area contributed by atoms with Crippen molar-refractivity contribution in [1.82, 2.24) is 9.78 Å². The van der Waals surface area contributed by atoms with Gasteiger partial charge in [-0.1, -0.05) is 19.3 Å². The summed E-state index contributed by atoms with van der Waals surface area (Å²) in [6, 6.07) is 0.710. The molecular weight excluding hydrogens is 268 g/mol. The van der Waals surface area contributed by atoms with Gasteiger partial charge in [0, 0.05) is 6.04 Å². The van der Waals surface area contributed by atoms with Crippen LogP contribution in [-0.4, -0.2) is 28.9 Å². The Hall–Kier alpha value is -1.72. The molecule has 0 spiro atoms. The third-order valence-electron chi connectivity index (χ3n) is 4.70. The maximum Gasteiger partial charge on any atom is 0.345 e. The number of nitrogens with zero attached hydrogens (tertiary/aromatic N) is 2. The van der Waals surface area contributed by atoms with E-state index >= 15 is 0 Å². The van der Waals surface area contributed by atoms with E-state index in [0.29, 0.717) is 29.3 Å². The monoisotopic (exact) mass is 292 g/mol. The molecule has 6 heteroatoms. The van der Waals surface area contributed by atoms with Gasteiger partial charge in [0.05, 0.1) is 13.2 Å². The summed E-state index contributed by atoms with van der Waals surface area (Å²) < 4.78 is 6.72. The summed E-state index contributed by atoms with van der Waals surface area (Å²) in [4.78, 5) is 12.0. The summed E-state index contributed by atoms with van der Waals surface area (Å²) in [6.07, 6.45) is 9.29. The molecule has 0 aromatic carbocycles. The van der Waals surface area contributed by atoms with E-state index in [1.165, 1.54) is 32.8 Å². The van der Waals surface area contributed by atoms with Crippen LogP contribution < -0.4 is 11.1 Å². The lowest BCUT2D eigenvalue weighted by molar-refractivity contribution is 0.0603. The van der Waals surface area contributed by atoms with E-state index < -0.39 is 5.97 Å². The first-order valence-corrected chi connectivity index (χ1v) is 7.93. The highest BCUT2D eigenvalue weighted by Crippen LogP contribution is 2.34. The molecule has 0 amide bonds. The van der Waals surface area contributed by atoms with Gasteiger partial charge in [0.15, 0.2) is 5.82 Å². The van der Waals surface area contributed by atoms with Gasteiger partial charge in [-0.3, -0.25) is 0 Å². The molecule has 0 atom stereocenters. The van der Waals surface area contributed by atoms with Crippen LogP contribution in [0.5, 0.6) is 0 Å². The fourth-order valence-corrected chi connectivity index (χ4v) is 3.20. The molecular formula is C15H24N4O2. The third kappa shape index (κ3) is 2.71. The Labute approximate surface area is 125 Å². The van der Waals surface area contributed by atoms with Gasteiger partial charge in [-0.15, -0.1) is 0 Å². The minimum absolute atomic E-state index is 0.305. The highest BCUT2D eigenvalue weighted by Gasteiger charge is 2.29. The summed E-state index contributed by atoms with van der Waals surface area (Å²) in [7, 11) is 1.38. The van der Waals surface area contributed by atoms with Crippen molar-refractivity contribution < 1.29 is 9.53 Å². The third-order valence-corrected chi connectivity index (χ3v) is 4.70. The Balaban J connectivity index is 1.90. The zero-order valence-electron chi connectivity index (χ0n) is 12.6. The zero-order chi connectivity index (χ0) is 14.8. The van der Waals surface area contributed by atoms with Crippen molar-refractivity contribution >= 4 is 17.6 Å². The summed E-state index contributed by atoms with van der Waals surface area (Å²) in [5.41, 5.74) is 6.60. The molecule has 2 saturated carbocycles. The largest absolute Gasteiger partial charge is 0.465 e. The molecule has 3 N–H and O–H groups in total. The molecule has 116 valence electrons. The highest BCUT2D eigenvalue weighted by molar-refractivity contribution is 5.99. The Morgan fingerprint density at radius 3 is 2.52 bits per heavy atom. The van der Waals surface area contributed by atoms with Gasteiger partial charge in [0.25, 0.3) is 0 Å². The van der Waals surface area contributed by atoms with Gasteiger partial charge in [-0.25, -0.2) is 9.48 Å². The molecule has 21 heavy (non-hydrogen) atoms. The first-order chi connectivity index (χ1) is 10.2. The minimum Gasteiger partial charge on any atom is -0.465 e. The van der Waals surface area contributed by atoms with Gasteiger partial charge < -0.3 is 15.8 Å². The number of hydrogen-bond acceptors (Lipinski definition) is 5. The Bertz CT molecular complexity index is 516. The SMILES string of the molecule is COC(=O)c1c(NC2CCC2)nn(C2CCCCC2)c1N. The second-order valence-corrected chi connectivity index (χ2v) is 6.11. The fraction of sp³-hybridized carbons (Fsp3) is 0.733. The molecule has 0 unspecified atom stereocenters. The number of anilines is 2. The van der Waals surface area contributed by atoms with E-state index in [9.17, 15) is 4.79 Å². The number of carbonyl (C=O) groups excluding carboxylic acids is 1. The van der Waals surface area contributed by atoms with Crippen molar-refractivity contribution in [1.29, 1.82) is 0 Å². The maximum absolute atomic E-state index is 12.0. The summed E-state index contributed by atoms with van der Waals surface area (Å²) in [5.74, 6) is 0.626. The fourth-order valence-electron chi connectivity index (χ4n) is 3.20. The lowest BCUT2D eigenvalue weighted by Crippen LogP contribution is -2.28. The minimum atomic E-state index is -0.406. The molecule has 1 heterocycles. The van der Waals surface area contributed by atoms with Crippen LogP contribution in [0.2, 0.25) is 0 Å². The second kappa shape index (κ2) is 5.95. The Morgan fingerprint density at radius 2 is 1.95 bits per heavy atom. The lowest BCUT2D eigenvalue weighted by atomic mass is 9.93. The van der Waals surface area contributed by atoms with Gasteiger partial charge in [-0.05, 0) is 32.1 Å². The van der Waals surface area contributed by atoms with Gasteiger partial charge in [-0.2, -0.15) is 5.10 Å². The van der Waals surface area contributed by atoms with Crippen molar-refractivity contribution in [2.24, 2.45) is 0 Å². The van der Waals surface area contributed by atoms with E-state index in [1.807, 2.05) is 4.68 Å². The number of carbonyl (C=O) groups is 1. The second-order valence-electron chi connectivity index (χ2n) is 6.11. The van der Waals surface area contributed by atoms with Crippen LogP contribution in [0.15, 0.2) is 0 Å². The maximum atomic E-state index is 12.0. The number of nitrogens with two attached hydrogens (primary N) is 1. The molecule has 2 aliphatic rings. The smallest absolute Gasteiger partial charge is 0.345 e. The zero-order valence-corrected chi connectivity index (χ0v) is 12.6. The molecule has 2 aliphatic carbocycles. The van der Waals surface area contributed by atoms with E-state index in [4.69, 9.17) is 10.5 Å². The van der Waals surface area contributed by atoms with Crippen molar-refractivity contribution in [3.05, 3.63) is 5.56 Å². The van der Waals surface area contributed by atoms with Gasteiger partial charge >= 0.3 is 5.97 Å². The first kappa shape index (κ1) is 14.2. The number of esters is 1. The van der Waals surface area contributed by atoms with Crippen molar-refractivity contribution in [3.8, 4) is 0 Å².